The van der Waals surface area contributed by atoms with Crippen LogP contribution < -0.4 is 29.6 Å². The molecule has 0 aromatic heterocycles. The monoisotopic (exact) mass is 550 g/mol. The largest absolute Gasteiger partial charge is 1.00 e. The summed E-state index contributed by atoms with van der Waals surface area (Å²) in [5.74, 6) is -49.3. The summed E-state index contributed by atoms with van der Waals surface area (Å²) in [5.41, 5.74) is 0. The predicted molar refractivity (Wildman–Crippen MR) is 59.6 cm³/mol. The average Bonchev–Trinajstić information content (AvgIpc) is 2.50. The Hall–Kier alpha value is -0.280. The van der Waals surface area contributed by atoms with Gasteiger partial charge in [0.15, 0.2) is 10.1 Å². The first kappa shape index (κ1) is 33.9. The van der Waals surface area contributed by atoms with Crippen molar-refractivity contribution in [1.29, 1.82) is 0 Å². The normalized spacial score (nSPS) is 16.1. The van der Waals surface area contributed by atoms with Crippen molar-refractivity contribution >= 4 is 10.1 Å². The second kappa shape index (κ2) is 8.74. The molecule has 0 aliphatic carbocycles. The Morgan fingerprint density at radius 3 is 1.06 bits per heavy atom. The van der Waals surface area contributed by atoms with E-state index in [1.807, 2.05) is 0 Å². The first-order valence-corrected chi connectivity index (χ1v) is 8.03. The van der Waals surface area contributed by atoms with Gasteiger partial charge in [0.25, 0.3) is 0 Å². The summed E-state index contributed by atoms with van der Waals surface area (Å²) in [4.78, 5) is 0. The third kappa shape index (κ3) is 5.04. The van der Waals surface area contributed by atoms with Gasteiger partial charge in [-0.3, -0.25) is 0 Å². The fourth-order valence-corrected chi connectivity index (χ4v) is 2.06. The van der Waals surface area contributed by atoms with Crippen LogP contribution in [0.5, 0.6) is 0 Å². The van der Waals surface area contributed by atoms with Gasteiger partial charge in [-0.05, 0) is 0 Å². The topological polar surface area (TPSA) is 57.2 Å². The van der Waals surface area contributed by atoms with Crippen molar-refractivity contribution in [3.05, 3.63) is 0 Å². The molecule has 0 unspecified atom stereocenters. The molecular formula is C10H4F17NaO3S. The van der Waals surface area contributed by atoms with Crippen molar-refractivity contribution < 1.29 is 117 Å². The van der Waals surface area contributed by atoms with Crippen LogP contribution in [-0.4, -0.2) is 59.9 Å². The quantitative estimate of drug-likeness (QED) is 0.252. The molecule has 0 rings (SSSR count). The zero-order valence-corrected chi connectivity index (χ0v) is 17.3. The van der Waals surface area contributed by atoms with Gasteiger partial charge in [0.1, 0.15) is 0 Å². The van der Waals surface area contributed by atoms with E-state index in [0.717, 1.165) is 0 Å². The second-order valence-corrected chi connectivity index (χ2v) is 7.08. The molecule has 0 aliphatic rings. The van der Waals surface area contributed by atoms with E-state index in [-0.39, 0.29) is 29.6 Å². The molecule has 188 valence electrons. The fraction of sp³-hybridized carbons (Fsp3) is 1.00. The molecule has 22 heteroatoms. The minimum Gasteiger partial charge on any atom is -0.743 e. The zero-order valence-electron chi connectivity index (χ0n) is 14.5. The van der Waals surface area contributed by atoms with Crippen LogP contribution in [0.3, 0.4) is 0 Å². The van der Waals surface area contributed by atoms with Gasteiger partial charge in [0.05, 0.1) is 0 Å². The molecule has 0 heterocycles. The van der Waals surface area contributed by atoms with E-state index < -0.39 is 69.9 Å². The zero-order chi connectivity index (χ0) is 25.9. The Morgan fingerprint density at radius 1 is 0.500 bits per heavy atom. The van der Waals surface area contributed by atoms with Crippen LogP contribution in [0.15, 0.2) is 0 Å². The predicted octanol–water partition coefficient (Wildman–Crippen LogP) is 2.28. The first-order valence-electron chi connectivity index (χ1n) is 6.62. The third-order valence-electron chi connectivity index (χ3n) is 3.44. The molecule has 0 N–H and O–H groups in total. The van der Waals surface area contributed by atoms with Crippen LogP contribution in [0.2, 0.25) is 0 Å². The summed E-state index contributed by atoms with van der Waals surface area (Å²) in [6.07, 6.45) is -12.4. The van der Waals surface area contributed by atoms with Gasteiger partial charge in [-0.15, -0.1) is 0 Å². The van der Waals surface area contributed by atoms with E-state index in [9.17, 15) is 87.6 Å². The SMILES string of the molecule is O=S(=O)([O-])C(F)(F)C(F)(F)C(F)(F)C(F)(F)C(F)(F)C(F)(F)C(F)(F)CCC(F)(F)F.[Na+]. The van der Waals surface area contributed by atoms with Crippen molar-refractivity contribution in [3.8, 4) is 0 Å². The average molecular weight is 550 g/mol. The van der Waals surface area contributed by atoms with Crippen molar-refractivity contribution in [2.75, 3.05) is 0 Å². The molecule has 0 aliphatic heterocycles. The van der Waals surface area contributed by atoms with Gasteiger partial charge >= 0.3 is 76.5 Å². The third-order valence-corrected chi connectivity index (χ3v) is 4.32. The molecule has 0 saturated heterocycles. The van der Waals surface area contributed by atoms with Crippen molar-refractivity contribution in [1.82, 2.24) is 0 Å². The molecule has 0 saturated carbocycles. The Bertz CT molecular complexity index is 772. The minimum atomic E-state index is -8.69. The van der Waals surface area contributed by atoms with Crippen molar-refractivity contribution in [2.45, 2.75) is 59.8 Å². The maximum atomic E-state index is 13.3. The maximum Gasteiger partial charge on any atom is 1.00 e. The molecule has 0 spiro atoms. The van der Waals surface area contributed by atoms with Crippen molar-refractivity contribution in [2.24, 2.45) is 0 Å². The molecule has 0 aromatic carbocycles. The van der Waals surface area contributed by atoms with E-state index in [1.165, 1.54) is 0 Å². The molecule has 0 bridgehead atoms. The van der Waals surface area contributed by atoms with Crippen LogP contribution in [-0.2, 0) is 10.1 Å². The first-order chi connectivity index (χ1) is 13.0. The van der Waals surface area contributed by atoms with E-state index in [0.29, 0.717) is 0 Å². The van der Waals surface area contributed by atoms with E-state index in [1.54, 1.807) is 0 Å². The Labute approximate surface area is 187 Å². The maximum absolute atomic E-state index is 13.3. The van der Waals surface area contributed by atoms with E-state index >= 15 is 0 Å². The molecule has 3 nitrogen and oxygen atoms in total. The molecule has 32 heavy (non-hydrogen) atoms. The summed E-state index contributed by atoms with van der Waals surface area (Å²) in [6.45, 7) is 0. The molecule has 0 fully saturated rings. The van der Waals surface area contributed by atoms with Crippen LogP contribution in [0.4, 0.5) is 74.6 Å². The van der Waals surface area contributed by atoms with Gasteiger partial charge < -0.3 is 4.55 Å². The van der Waals surface area contributed by atoms with Crippen molar-refractivity contribution in [3.63, 3.8) is 0 Å². The summed E-state index contributed by atoms with van der Waals surface area (Å²) in [5, 5.41) is -7.88. The molecular weight excluding hydrogens is 546 g/mol. The Balaban J connectivity index is 0. The number of halogens is 17. The van der Waals surface area contributed by atoms with Gasteiger partial charge in [0, 0.05) is 12.8 Å². The molecule has 0 atom stereocenters. The van der Waals surface area contributed by atoms with E-state index in [2.05, 4.69) is 0 Å². The summed E-state index contributed by atoms with van der Waals surface area (Å²) < 4.78 is 249. The molecule has 0 amide bonds. The van der Waals surface area contributed by atoms with Gasteiger partial charge in [0.2, 0.25) is 0 Å². The van der Waals surface area contributed by atoms with E-state index in [4.69, 9.17) is 0 Å². The number of rotatable bonds is 9. The fourth-order valence-electron chi connectivity index (χ4n) is 1.62. The molecule has 0 radical (unpaired) electrons. The number of hydrogen-bond donors (Lipinski definition) is 0. The van der Waals surface area contributed by atoms with Crippen LogP contribution >= 0.6 is 0 Å². The van der Waals surface area contributed by atoms with Gasteiger partial charge in [-0.25, -0.2) is 8.42 Å². The number of alkyl halides is 17. The second-order valence-electron chi connectivity index (χ2n) is 5.66. The summed E-state index contributed by atoms with van der Waals surface area (Å²) in [7, 11) is -8.09. The Kier molecular flexibility index (Phi) is 9.26. The molecule has 0 aromatic rings. The van der Waals surface area contributed by atoms with Gasteiger partial charge in [-0.2, -0.15) is 74.6 Å². The van der Waals surface area contributed by atoms with Crippen LogP contribution in [0, 0.1) is 0 Å². The van der Waals surface area contributed by atoms with Gasteiger partial charge in [-0.1, -0.05) is 0 Å². The van der Waals surface area contributed by atoms with Crippen LogP contribution in [0.1, 0.15) is 12.8 Å². The standard InChI is InChI=1S/C10H5F17O3S.Na/c11-3(12,1-2-4(13,14)15)5(16,17)6(18,19)7(20,21)8(22,23)9(24,25)10(26,27)31(28,29)30;/h1-2H2,(H,28,29,30);/q;+1/p-1. The summed E-state index contributed by atoms with van der Waals surface area (Å²) in [6, 6.07) is 0. The minimum absolute atomic E-state index is 0. The Morgan fingerprint density at radius 2 is 0.781 bits per heavy atom. The summed E-state index contributed by atoms with van der Waals surface area (Å²) >= 11 is 0. The smallest absolute Gasteiger partial charge is 0.743 e. The van der Waals surface area contributed by atoms with Crippen LogP contribution in [0.25, 0.3) is 0 Å². The number of hydrogen-bond acceptors (Lipinski definition) is 3.